The number of halogens is 1. The van der Waals surface area contributed by atoms with Crippen LogP contribution in [0.25, 0.3) is 5.57 Å². The van der Waals surface area contributed by atoms with Gasteiger partial charge in [-0.1, -0.05) is 18.2 Å². The van der Waals surface area contributed by atoms with Crippen molar-refractivity contribution in [1.29, 1.82) is 0 Å². The molecule has 0 saturated heterocycles. The molecule has 0 radical (unpaired) electrons. The van der Waals surface area contributed by atoms with E-state index in [-0.39, 0.29) is 5.91 Å². The SMILES string of the molecule is CN1C(=O)C(=CC(=O)Cl)c2ccccc21. The van der Waals surface area contributed by atoms with Gasteiger partial charge in [0.05, 0.1) is 11.3 Å². The molecule has 1 aromatic rings. The van der Waals surface area contributed by atoms with Crippen LogP contribution in [-0.2, 0) is 9.59 Å². The summed E-state index contributed by atoms with van der Waals surface area (Å²) in [5.41, 5.74) is 1.90. The lowest BCUT2D eigenvalue weighted by Crippen LogP contribution is -2.20. The number of rotatable bonds is 1. The quantitative estimate of drug-likeness (QED) is 0.536. The van der Waals surface area contributed by atoms with Crippen LogP contribution in [0.15, 0.2) is 30.3 Å². The third kappa shape index (κ3) is 1.55. The molecule has 0 bridgehead atoms. The molecule has 0 saturated carbocycles. The minimum Gasteiger partial charge on any atom is -0.311 e. The number of nitrogens with zero attached hydrogens (tertiary/aromatic N) is 1. The summed E-state index contributed by atoms with van der Waals surface area (Å²) in [5.74, 6) is -0.204. The second-order valence-corrected chi connectivity index (χ2v) is 3.62. The summed E-state index contributed by atoms with van der Waals surface area (Å²) in [4.78, 5) is 24.0. The fourth-order valence-corrected chi connectivity index (χ4v) is 1.76. The predicted molar refractivity (Wildman–Crippen MR) is 58.7 cm³/mol. The second-order valence-electron chi connectivity index (χ2n) is 3.24. The summed E-state index contributed by atoms with van der Waals surface area (Å²) >= 11 is 5.25. The Kier molecular flexibility index (Phi) is 2.32. The number of anilines is 1. The summed E-state index contributed by atoms with van der Waals surface area (Å²) in [7, 11) is 1.67. The monoisotopic (exact) mass is 221 g/mol. The van der Waals surface area contributed by atoms with Crippen molar-refractivity contribution >= 4 is 34.0 Å². The van der Waals surface area contributed by atoms with Crippen molar-refractivity contribution in [3.05, 3.63) is 35.9 Å². The van der Waals surface area contributed by atoms with Crippen LogP contribution in [-0.4, -0.2) is 18.2 Å². The molecule has 2 rings (SSSR count). The third-order valence-electron chi connectivity index (χ3n) is 2.35. The summed E-state index contributed by atoms with van der Waals surface area (Å²) in [5, 5.41) is -0.636. The lowest BCUT2D eigenvalue weighted by atomic mass is 10.1. The van der Waals surface area contributed by atoms with Gasteiger partial charge < -0.3 is 4.90 Å². The zero-order chi connectivity index (χ0) is 11.0. The molecule has 1 aliphatic rings. The Balaban J connectivity index is 2.61. The summed E-state index contributed by atoms with van der Waals surface area (Å²) in [6, 6.07) is 7.28. The van der Waals surface area contributed by atoms with Gasteiger partial charge in [0, 0.05) is 18.7 Å². The van der Waals surface area contributed by atoms with E-state index in [1.54, 1.807) is 13.1 Å². The Bertz CT molecular complexity index is 479. The number of amides is 1. The molecule has 0 aliphatic carbocycles. The van der Waals surface area contributed by atoms with Gasteiger partial charge in [0.1, 0.15) is 0 Å². The van der Waals surface area contributed by atoms with Crippen molar-refractivity contribution in [1.82, 2.24) is 0 Å². The van der Waals surface area contributed by atoms with Gasteiger partial charge in [-0.2, -0.15) is 0 Å². The first-order chi connectivity index (χ1) is 7.11. The number of likely N-dealkylation sites (N-methyl/N-ethyl adjacent to an activating group) is 1. The number of carbonyl (C=O) groups is 2. The fraction of sp³-hybridized carbons (Fsp3) is 0.0909. The smallest absolute Gasteiger partial charge is 0.258 e. The molecule has 15 heavy (non-hydrogen) atoms. The molecule has 0 aromatic heterocycles. The van der Waals surface area contributed by atoms with Gasteiger partial charge in [0.25, 0.3) is 5.91 Å². The van der Waals surface area contributed by atoms with E-state index in [2.05, 4.69) is 0 Å². The average molecular weight is 222 g/mol. The normalized spacial score (nSPS) is 17.1. The highest BCUT2D eigenvalue weighted by Crippen LogP contribution is 2.35. The molecular formula is C11H8ClNO2. The summed E-state index contributed by atoms with van der Waals surface area (Å²) in [6.07, 6.45) is 1.16. The number of allylic oxidation sites excluding steroid dienone is 1. The molecule has 1 aliphatic heterocycles. The maximum absolute atomic E-state index is 11.7. The van der Waals surface area contributed by atoms with E-state index >= 15 is 0 Å². The van der Waals surface area contributed by atoms with Crippen molar-refractivity contribution in [2.75, 3.05) is 11.9 Å². The highest BCUT2D eigenvalue weighted by Gasteiger charge is 2.29. The van der Waals surface area contributed by atoms with Gasteiger partial charge in [-0.15, -0.1) is 0 Å². The van der Waals surface area contributed by atoms with Gasteiger partial charge in [0.15, 0.2) is 0 Å². The molecule has 76 valence electrons. The van der Waals surface area contributed by atoms with Crippen molar-refractivity contribution in [3.8, 4) is 0 Å². The van der Waals surface area contributed by atoms with E-state index in [4.69, 9.17) is 11.6 Å². The third-order valence-corrected chi connectivity index (χ3v) is 2.46. The zero-order valence-corrected chi connectivity index (χ0v) is 8.78. The highest BCUT2D eigenvalue weighted by molar-refractivity contribution is 6.67. The topological polar surface area (TPSA) is 37.4 Å². The summed E-state index contributed by atoms with van der Waals surface area (Å²) < 4.78 is 0. The van der Waals surface area contributed by atoms with Crippen molar-refractivity contribution in [2.45, 2.75) is 0 Å². The molecule has 0 fully saturated rings. The zero-order valence-electron chi connectivity index (χ0n) is 8.03. The molecule has 0 atom stereocenters. The molecule has 3 nitrogen and oxygen atoms in total. The Morgan fingerprint density at radius 1 is 1.40 bits per heavy atom. The lowest BCUT2D eigenvalue weighted by Gasteiger charge is -2.07. The fourth-order valence-electron chi connectivity index (χ4n) is 1.65. The summed E-state index contributed by atoms with van der Waals surface area (Å²) in [6.45, 7) is 0. The first-order valence-electron chi connectivity index (χ1n) is 4.40. The molecule has 0 unspecified atom stereocenters. The van der Waals surface area contributed by atoms with Crippen molar-refractivity contribution < 1.29 is 9.59 Å². The van der Waals surface area contributed by atoms with Gasteiger partial charge >= 0.3 is 0 Å². The standard InChI is InChI=1S/C11H8ClNO2/c1-13-9-5-3-2-4-7(9)8(11(13)15)6-10(12)14/h2-6H,1H3. The van der Waals surface area contributed by atoms with Crippen LogP contribution in [0.1, 0.15) is 5.56 Å². The number of hydrogen-bond donors (Lipinski definition) is 0. The van der Waals surface area contributed by atoms with Gasteiger partial charge in [-0.05, 0) is 17.7 Å². The molecule has 1 amide bonds. The number of hydrogen-bond acceptors (Lipinski definition) is 2. The average Bonchev–Trinajstić information content (AvgIpc) is 2.44. The largest absolute Gasteiger partial charge is 0.311 e. The van der Waals surface area contributed by atoms with E-state index in [0.29, 0.717) is 5.57 Å². The predicted octanol–water partition coefficient (Wildman–Crippen LogP) is 1.81. The van der Waals surface area contributed by atoms with E-state index in [1.165, 1.54) is 4.90 Å². The maximum Gasteiger partial charge on any atom is 0.258 e. The minimum absolute atomic E-state index is 0.204. The lowest BCUT2D eigenvalue weighted by molar-refractivity contribution is -0.113. The van der Waals surface area contributed by atoms with Crippen molar-refractivity contribution in [3.63, 3.8) is 0 Å². The molecule has 0 spiro atoms. The van der Waals surface area contributed by atoms with Crippen molar-refractivity contribution in [2.24, 2.45) is 0 Å². The second kappa shape index (κ2) is 3.51. The van der Waals surface area contributed by atoms with E-state index in [1.807, 2.05) is 18.2 Å². The van der Waals surface area contributed by atoms with E-state index in [9.17, 15) is 9.59 Å². The van der Waals surface area contributed by atoms with Gasteiger partial charge in [-0.25, -0.2) is 0 Å². The Labute approximate surface area is 91.9 Å². The van der Waals surface area contributed by atoms with Crippen LogP contribution in [0.5, 0.6) is 0 Å². The van der Waals surface area contributed by atoms with Crippen LogP contribution >= 0.6 is 11.6 Å². The molecule has 0 N–H and O–H groups in total. The first kappa shape index (κ1) is 9.93. The van der Waals surface area contributed by atoms with E-state index < -0.39 is 5.24 Å². The number of para-hydroxylation sites is 1. The minimum atomic E-state index is -0.636. The number of benzene rings is 1. The number of fused-ring (bicyclic) bond motifs is 1. The Morgan fingerprint density at radius 2 is 2.07 bits per heavy atom. The van der Waals surface area contributed by atoms with Crippen LogP contribution in [0.4, 0.5) is 5.69 Å². The molecule has 1 heterocycles. The molecular weight excluding hydrogens is 214 g/mol. The van der Waals surface area contributed by atoms with Gasteiger partial charge in [-0.3, -0.25) is 9.59 Å². The van der Waals surface area contributed by atoms with E-state index in [0.717, 1.165) is 17.3 Å². The van der Waals surface area contributed by atoms with Crippen LogP contribution in [0.3, 0.4) is 0 Å². The first-order valence-corrected chi connectivity index (χ1v) is 4.77. The van der Waals surface area contributed by atoms with Crippen LogP contribution < -0.4 is 4.90 Å². The maximum atomic E-state index is 11.7. The van der Waals surface area contributed by atoms with Gasteiger partial charge in [0.2, 0.25) is 5.24 Å². The number of carbonyl (C=O) groups excluding carboxylic acids is 2. The molecule has 1 aromatic carbocycles. The molecule has 4 heteroatoms. The van der Waals surface area contributed by atoms with Crippen LogP contribution in [0.2, 0.25) is 0 Å². The Morgan fingerprint density at radius 3 is 2.73 bits per heavy atom. The Hall–Kier alpha value is -1.61. The van der Waals surface area contributed by atoms with Crippen LogP contribution in [0, 0.1) is 0 Å². The highest BCUT2D eigenvalue weighted by atomic mass is 35.5.